The molecule has 6 nitrogen and oxygen atoms in total. The van der Waals surface area contributed by atoms with Crippen molar-refractivity contribution < 1.29 is 0 Å². The van der Waals surface area contributed by atoms with Gasteiger partial charge < -0.3 is 4.40 Å². The van der Waals surface area contributed by atoms with Gasteiger partial charge in [0.1, 0.15) is 0 Å². The molecule has 270 valence electrons. The van der Waals surface area contributed by atoms with Crippen molar-refractivity contribution in [3.05, 3.63) is 187 Å². The van der Waals surface area contributed by atoms with Crippen molar-refractivity contribution in [3.63, 3.8) is 0 Å². The second-order valence-electron chi connectivity index (χ2n) is 14.7. The molecule has 0 radical (unpaired) electrons. The third-order valence-electron chi connectivity index (χ3n) is 11.1. The van der Waals surface area contributed by atoms with E-state index in [1.807, 2.05) is 78.9 Å². The summed E-state index contributed by atoms with van der Waals surface area (Å²) >= 11 is 0. The van der Waals surface area contributed by atoms with Gasteiger partial charge in [0.2, 0.25) is 0 Å². The number of aromatic nitrogens is 5. The summed E-state index contributed by atoms with van der Waals surface area (Å²) in [4.78, 5) is 21.3. The zero-order chi connectivity index (χ0) is 38.7. The maximum atomic E-state index is 10.7. The largest absolute Gasteiger partial charge is 0.308 e. The van der Waals surface area contributed by atoms with E-state index in [0.717, 1.165) is 88.6 Å². The van der Waals surface area contributed by atoms with Gasteiger partial charge >= 0.3 is 0 Å². The minimum absolute atomic E-state index is 0.476. The lowest BCUT2D eigenvalue weighted by Gasteiger charge is -2.13. The van der Waals surface area contributed by atoms with Crippen LogP contribution in [0.25, 0.3) is 106 Å². The number of benzene rings is 7. The minimum atomic E-state index is 0.476. The highest BCUT2D eigenvalue weighted by atomic mass is 14.9. The summed E-state index contributed by atoms with van der Waals surface area (Å²) in [7, 11) is 0. The number of nitrogens with zero attached hydrogens (tertiary/aromatic N) is 6. The molecule has 7 aromatic carbocycles. The van der Waals surface area contributed by atoms with Crippen LogP contribution in [0.2, 0.25) is 0 Å². The fourth-order valence-corrected chi connectivity index (χ4v) is 8.26. The Labute approximate surface area is 334 Å². The van der Waals surface area contributed by atoms with Crippen LogP contribution in [0.1, 0.15) is 11.1 Å². The molecule has 11 aromatic rings. The maximum Gasteiger partial charge on any atom is 0.162 e. The minimum Gasteiger partial charge on any atom is -0.308 e. The van der Waals surface area contributed by atoms with Crippen molar-refractivity contribution in [2.45, 2.75) is 6.92 Å². The molecule has 0 aliphatic rings. The zero-order valence-corrected chi connectivity index (χ0v) is 31.4. The first-order chi connectivity index (χ1) is 28.6. The number of rotatable bonds is 5. The number of hydrogen-bond donors (Lipinski definition) is 0. The fraction of sp³-hybridized carbons (Fsp3) is 0.0192. The highest BCUT2D eigenvalue weighted by Crippen LogP contribution is 2.41. The van der Waals surface area contributed by atoms with E-state index >= 15 is 0 Å². The van der Waals surface area contributed by atoms with E-state index in [2.05, 4.69) is 114 Å². The molecule has 4 aromatic heterocycles. The Balaban J connectivity index is 1.38. The van der Waals surface area contributed by atoms with Crippen molar-refractivity contribution in [1.29, 1.82) is 5.26 Å². The third-order valence-corrected chi connectivity index (χ3v) is 11.1. The van der Waals surface area contributed by atoms with Crippen LogP contribution in [0.5, 0.6) is 0 Å². The van der Waals surface area contributed by atoms with Crippen LogP contribution < -0.4 is 0 Å². The van der Waals surface area contributed by atoms with Crippen LogP contribution in [-0.4, -0.2) is 24.3 Å². The van der Waals surface area contributed by atoms with Gasteiger partial charge in [0, 0.05) is 43.8 Å². The number of para-hydroxylation sites is 1. The predicted molar refractivity (Wildman–Crippen MR) is 235 cm³/mol. The standard InChI is InChI=1S/C52H32N6/c1-32-21-23-34(24-22-32)39-27-40-38-19-11-12-20-48(38)58-49(40)28-41(39)51-54-46(37-17-9-4-10-18-37)30-47(57-51)42-25-33(31-53)26-43(50(42)58)52-55-44(35-13-5-2-6-14-35)29-45(56-52)36-15-7-3-8-16-36/h2-30H,1H3. The first kappa shape index (κ1) is 33.3. The van der Waals surface area contributed by atoms with Crippen LogP contribution in [0.15, 0.2) is 176 Å². The van der Waals surface area contributed by atoms with E-state index in [1.165, 1.54) is 5.56 Å². The molecule has 6 heteroatoms. The van der Waals surface area contributed by atoms with Crippen LogP contribution >= 0.6 is 0 Å². The number of fused-ring (bicyclic) bond motifs is 10. The van der Waals surface area contributed by atoms with E-state index in [0.29, 0.717) is 22.6 Å². The second kappa shape index (κ2) is 13.3. The summed E-state index contributed by atoms with van der Waals surface area (Å²) in [5, 5.41) is 14.6. The lowest BCUT2D eigenvalue weighted by molar-refractivity contribution is 1.18. The molecule has 0 aliphatic heterocycles. The summed E-state index contributed by atoms with van der Waals surface area (Å²) in [6.07, 6.45) is 0. The molecule has 58 heavy (non-hydrogen) atoms. The number of nitriles is 1. The summed E-state index contributed by atoms with van der Waals surface area (Å²) < 4.78 is 2.32. The van der Waals surface area contributed by atoms with E-state index in [-0.39, 0.29) is 0 Å². The molecule has 0 saturated heterocycles. The molecular weight excluding hydrogens is 709 g/mol. The van der Waals surface area contributed by atoms with Crippen molar-refractivity contribution >= 4 is 49.3 Å². The lowest BCUT2D eigenvalue weighted by Crippen LogP contribution is -1.99. The zero-order valence-electron chi connectivity index (χ0n) is 31.4. The summed E-state index contributed by atoms with van der Waals surface area (Å²) in [5.41, 5.74) is 13.9. The average molecular weight is 741 g/mol. The Morgan fingerprint density at radius 3 is 1.69 bits per heavy atom. The Bertz CT molecular complexity index is 3380. The van der Waals surface area contributed by atoms with Gasteiger partial charge in [-0.1, -0.05) is 139 Å². The van der Waals surface area contributed by atoms with Gasteiger partial charge in [0.05, 0.1) is 50.8 Å². The molecule has 0 aliphatic carbocycles. The first-order valence-electron chi connectivity index (χ1n) is 19.3. The van der Waals surface area contributed by atoms with Crippen LogP contribution in [0.3, 0.4) is 0 Å². The van der Waals surface area contributed by atoms with Crippen molar-refractivity contribution in [1.82, 2.24) is 24.3 Å². The SMILES string of the molecule is Cc1ccc(-c2cc3c4ccccc4n4c3cc2c2nc(-c3ccccc3)cc(n2)c2cc(C#N)cc(-c3nc(-c5ccccc5)cc(-c5ccccc5)n3)c24)cc1. The molecule has 0 N–H and O–H groups in total. The Hall–Kier alpha value is -8.01. The van der Waals surface area contributed by atoms with Gasteiger partial charge in [-0.05, 0) is 60.5 Å². The van der Waals surface area contributed by atoms with Crippen molar-refractivity contribution in [3.8, 4) is 62.4 Å². The predicted octanol–water partition coefficient (Wildman–Crippen LogP) is 12.6. The fourth-order valence-electron chi connectivity index (χ4n) is 8.26. The normalized spacial score (nSPS) is 11.5. The number of aryl methyl sites for hydroxylation is 1. The molecule has 0 unspecified atom stereocenters. The summed E-state index contributed by atoms with van der Waals surface area (Å²) in [6.45, 7) is 2.11. The Morgan fingerprint density at radius 2 is 1.05 bits per heavy atom. The summed E-state index contributed by atoms with van der Waals surface area (Å²) in [5.74, 6) is 0.507. The molecule has 4 bridgehead atoms. The molecule has 4 heterocycles. The first-order valence-corrected chi connectivity index (χ1v) is 19.3. The van der Waals surface area contributed by atoms with E-state index < -0.39 is 0 Å². The van der Waals surface area contributed by atoms with Gasteiger partial charge in [0.25, 0.3) is 0 Å². The lowest BCUT2D eigenvalue weighted by atomic mass is 9.98. The quantitative estimate of drug-likeness (QED) is 0.175. The smallest absolute Gasteiger partial charge is 0.162 e. The molecule has 0 fully saturated rings. The topological polar surface area (TPSA) is 79.8 Å². The third kappa shape index (κ3) is 5.49. The Morgan fingerprint density at radius 1 is 0.448 bits per heavy atom. The van der Waals surface area contributed by atoms with Crippen LogP contribution in [0.4, 0.5) is 0 Å². The molecule has 0 amide bonds. The number of hydrogen-bond acceptors (Lipinski definition) is 5. The van der Waals surface area contributed by atoms with E-state index in [1.54, 1.807) is 0 Å². The molecular formula is C52H32N6. The van der Waals surface area contributed by atoms with Gasteiger partial charge in [-0.15, -0.1) is 0 Å². The maximum absolute atomic E-state index is 10.7. The monoisotopic (exact) mass is 740 g/mol. The van der Waals surface area contributed by atoms with Gasteiger partial charge in [0.15, 0.2) is 11.5 Å². The van der Waals surface area contributed by atoms with Crippen LogP contribution in [-0.2, 0) is 0 Å². The average Bonchev–Trinajstić information content (AvgIpc) is 3.62. The van der Waals surface area contributed by atoms with Gasteiger partial charge in [-0.2, -0.15) is 5.26 Å². The van der Waals surface area contributed by atoms with Gasteiger partial charge in [-0.3, -0.25) is 0 Å². The van der Waals surface area contributed by atoms with E-state index in [9.17, 15) is 5.26 Å². The molecule has 11 rings (SSSR count). The second-order valence-corrected chi connectivity index (χ2v) is 14.7. The Kier molecular flexibility index (Phi) is 7.66. The highest BCUT2D eigenvalue weighted by molar-refractivity contribution is 6.17. The van der Waals surface area contributed by atoms with E-state index in [4.69, 9.17) is 19.9 Å². The molecule has 0 spiro atoms. The highest BCUT2D eigenvalue weighted by Gasteiger charge is 2.22. The van der Waals surface area contributed by atoms with Gasteiger partial charge in [-0.25, -0.2) is 19.9 Å². The molecule has 0 atom stereocenters. The van der Waals surface area contributed by atoms with Crippen LogP contribution in [0, 0.1) is 18.3 Å². The van der Waals surface area contributed by atoms with Crippen molar-refractivity contribution in [2.75, 3.05) is 0 Å². The van der Waals surface area contributed by atoms with Crippen molar-refractivity contribution in [2.24, 2.45) is 0 Å². The molecule has 0 saturated carbocycles. The summed E-state index contributed by atoms with van der Waals surface area (Å²) in [6, 6.07) is 62.7.